The van der Waals surface area contributed by atoms with Crippen LogP contribution in [0.5, 0.6) is 0 Å². The predicted octanol–water partition coefficient (Wildman–Crippen LogP) is 1.25. The summed E-state index contributed by atoms with van der Waals surface area (Å²) in [5, 5.41) is 10.5. The number of terminal acetylenes is 1. The van der Waals surface area contributed by atoms with Gasteiger partial charge in [0.25, 0.3) is 0 Å². The number of fused-ring (bicyclic) bond motifs is 2. The second-order valence-corrected chi connectivity index (χ2v) is 4.70. The molecule has 0 aliphatic carbocycles. The average Bonchev–Trinajstić information content (AvgIpc) is 2.59. The number of hydrogen-bond acceptors (Lipinski definition) is 2. The van der Waals surface area contributed by atoms with Crippen molar-refractivity contribution in [2.24, 2.45) is 5.92 Å². The maximum atomic E-state index is 10.5. The first-order chi connectivity index (χ1) is 6.74. The molecule has 2 heteroatoms. The molecule has 0 saturated carbocycles. The molecule has 2 aliphatic rings. The molecule has 0 radical (unpaired) electrons. The standard InChI is InChI=1S/C12H19NO/c1-2-3-4-6-12(14)7-9-13-8-5-11(12)10-13/h1,11,14H,3-10H2. The van der Waals surface area contributed by atoms with Gasteiger partial charge in [0.1, 0.15) is 0 Å². The third kappa shape index (κ3) is 1.80. The van der Waals surface area contributed by atoms with Crippen molar-refractivity contribution >= 4 is 0 Å². The van der Waals surface area contributed by atoms with Crippen molar-refractivity contribution in [2.75, 3.05) is 19.6 Å². The van der Waals surface area contributed by atoms with Gasteiger partial charge in [0, 0.05) is 25.4 Å². The van der Waals surface area contributed by atoms with E-state index in [0.717, 1.165) is 38.8 Å². The van der Waals surface area contributed by atoms with E-state index in [2.05, 4.69) is 10.8 Å². The molecule has 0 aromatic rings. The van der Waals surface area contributed by atoms with Crippen molar-refractivity contribution in [1.29, 1.82) is 0 Å². The molecule has 2 saturated heterocycles. The molecule has 0 aromatic heterocycles. The first-order valence-corrected chi connectivity index (χ1v) is 5.63. The molecule has 3 atom stereocenters. The monoisotopic (exact) mass is 193 g/mol. The van der Waals surface area contributed by atoms with Gasteiger partial charge in [-0.2, -0.15) is 0 Å². The quantitative estimate of drug-likeness (QED) is 0.538. The fraction of sp³-hybridized carbons (Fsp3) is 0.833. The summed E-state index contributed by atoms with van der Waals surface area (Å²) in [6.07, 6.45) is 10.0. The zero-order valence-corrected chi connectivity index (χ0v) is 8.71. The molecule has 3 unspecified atom stereocenters. The number of rotatable bonds is 3. The molecule has 2 rings (SSSR count). The fourth-order valence-electron chi connectivity index (χ4n) is 2.86. The molecule has 0 amide bonds. The minimum Gasteiger partial charge on any atom is -0.390 e. The van der Waals surface area contributed by atoms with Gasteiger partial charge in [0.15, 0.2) is 0 Å². The SMILES string of the molecule is C#CCCCC1(O)CCN2CCC1C2. The Hall–Kier alpha value is -0.520. The summed E-state index contributed by atoms with van der Waals surface area (Å²) in [7, 11) is 0. The molecule has 1 N–H and O–H groups in total. The van der Waals surface area contributed by atoms with E-state index in [-0.39, 0.29) is 0 Å². The topological polar surface area (TPSA) is 23.5 Å². The second kappa shape index (κ2) is 3.92. The lowest BCUT2D eigenvalue weighted by atomic mass is 9.78. The number of piperidine rings is 1. The van der Waals surface area contributed by atoms with Gasteiger partial charge in [0.05, 0.1) is 5.60 Å². The van der Waals surface area contributed by atoms with Gasteiger partial charge in [-0.1, -0.05) is 0 Å². The fourth-order valence-corrected chi connectivity index (χ4v) is 2.86. The van der Waals surface area contributed by atoms with Crippen LogP contribution in [0.1, 0.15) is 32.1 Å². The molecular weight excluding hydrogens is 174 g/mol. The molecule has 2 nitrogen and oxygen atoms in total. The van der Waals surface area contributed by atoms with Gasteiger partial charge in [-0.15, -0.1) is 12.3 Å². The highest BCUT2D eigenvalue weighted by molar-refractivity contribution is 4.98. The molecule has 2 bridgehead atoms. The van der Waals surface area contributed by atoms with Gasteiger partial charge < -0.3 is 10.0 Å². The van der Waals surface area contributed by atoms with Gasteiger partial charge >= 0.3 is 0 Å². The van der Waals surface area contributed by atoms with Crippen molar-refractivity contribution in [2.45, 2.75) is 37.7 Å². The summed E-state index contributed by atoms with van der Waals surface area (Å²) in [5.41, 5.74) is -0.399. The summed E-state index contributed by atoms with van der Waals surface area (Å²) < 4.78 is 0. The van der Waals surface area contributed by atoms with Crippen LogP contribution >= 0.6 is 0 Å². The number of unbranched alkanes of at least 4 members (excludes halogenated alkanes) is 1. The highest BCUT2D eigenvalue weighted by Gasteiger charge is 2.43. The average molecular weight is 193 g/mol. The summed E-state index contributed by atoms with van der Waals surface area (Å²) in [5.74, 6) is 3.15. The second-order valence-electron chi connectivity index (χ2n) is 4.70. The van der Waals surface area contributed by atoms with Crippen LogP contribution in [0.4, 0.5) is 0 Å². The lowest BCUT2D eigenvalue weighted by Crippen LogP contribution is -2.46. The van der Waals surface area contributed by atoms with E-state index in [1.54, 1.807) is 0 Å². The molecule has 0 aromatic carbocycles. The summed E-state index contributed by atoms with van der Waals surface area (Å²) in [4.78, 5) is 2.46. The van der Waals surface area contributed by atoms with Crippen LogP contribution in [-0.4, -0.2) is 35.2 Å². The van der Waals surface area contributed by atoms with E-state index in [9.17, 15) is 5.11 Å². The molecule has 14 heavy (non-hydrogen) atoms. The largest absolute Gasteiger partial charge is 0.390 e. The maximum Gasteiger partial charge on any atom is 0.0701 e. The van der Waals surface area contributed by atoms with Crippen molar-refractivity contribution in [3.63, 3.8) is 0 Å². The van der Waals surface area contributed by atoms with Gasteiger partial charge in [-0.05, 0) is 32.2 Å². The smallest absolute Gasteiger partial charge is 0.0701 e. The van der Waals surface area contributed by atoms with E-state index in [4.69, 9.17) is 6.42 Å². The summed E-state index contributed by atoms with van der Waals surface area (Å²) in [6, 6.07) is 0. The van der Waals surface area contributed by atoms with Crippen molar-refractivity contribution in [3.05, 3.63) is 0 Å². The van der Waals surface area contributed by atoms with Crippen LogP contribution in [0.15, 0.2) is 0 Å². The Balaban J connectivity index is 1.90. The van der Waals surface area contributed by atoms with E-state index < -0.39 is 5.60 Å². The molecule has 78 valence electrons. The van der Waals surface area contributed by atoms with Crippen molar-refractivity contribution < 1.29 is 5.11 Å². The lowest BCUT2D eigenvalue weighted by molar-refractivity contribution is -0.0519. The molecular formula is C12H19NO. The number of nitrogens with zero attached hydrogens (tertiary/aromatic N) is 1. The van der Waals surface area contributed by atoms with Crippen molar-refractivity contribution in [1.82, 2.24) is 4.90 Å². The lowest BCUT2D eigenvalue weighted by Gasteiger charge is -2.38. The van der Waals surface area contributed by atoms with E-state index >= 15 is 0 Å². The Labute approximate surface area is 86.3 Å². The minimum absolute atomic E-state index is 0.399. The number of aliphatic hydroxyl groups is 1. The molecule has 2 aliphatic heterocycles. The maximum absolute atomic E-state index is 10.5. The third-order valence-electron chi connectivity index (χ3n) is 3.82. The van der Waals surface area contributed by atoms with Gasteiger partial charge in [-0.25, -0.2) is 0 Å². The highest BCUT2D eigenvalue weighted by atomic mass is 16.3. The number of hydrogen-bond donors (Lipinski definition) is 1. The Morgan fingerprint density at radius 3 is 3.14 bits per heavy atom. The summed E-state index contributed by atoms with van der Waals surface area (Å²) >= 11 is 0. The van der Waals surface area contributed by atoms with Crippen LogP contribution in [0.2, 0.25) is 0 Å². The van der Waals surface area contributed by atoms with Crippen LogP contribution < -0.4 is 0 Å². The Bertz CT molecular complexity index is 245. The minimum atomic E-state index is -0.399. The zero-order valence-electron chi connectivity index (χ0n) is 8.71. The Morgan fingerprint density at radius 1 is 1.50 bits per heavy atom. The van der Waals surface area contributed by atoms with Crippen LogP contribution in [0, 0.1) is 18.3 Å². The third-order valence-corrected chi connectivity index (χ3v) is 3.82. The molecule has 2 heterocycles. The molecule has 2 fully saturated rings. The summed E-state index contributed by atoms with van der Waals surface area (Å²) in [6.45, 7) is 3.36. The predicted molar refractivity (Wildman–Crippen MR) is 56.8 cm³/mol. The highest BCUT2D eigenvalue weighted by Crippen LogP contribution is 2.38. The molecule has 0 spiro atoms. The first-order valence-electron chi connectivity index (χ1n) is 5.63. The normalized spacial score (nSPS) is 40.9. The zero-order chi connectivity index (χ0) is 10.0. The van der Waals surface area contributed by atoms with Gasteiger partial charge in [-0.3, -0.25) is 0 Å². The van der Waals surface area contributed by atoms with Crippen LogP contribution in [-0.2, 0) is 0 Å². The Kier molecular flexibility index (Phi) is 2.80. The van der Waals surface area contributed by atoms with E-state index in [0.29, 0.717) is 5.92 Å². The van der Waals surface area contributed by atoms with E-state index in [1.165, 1.54) is 13.0 Å². The van der Waals surface area contributed by atoms with Crippen LogP contribution in [0.3, 0.4) is 0 Å². The van der Waals surface area contributed by atoms with E-state index in [1.807, 2.05) is 0 Å². The Morgan fingerprint density at radius 2 is 2.36 bits per heavy atom. The van der Waals surface area contributed by atoms with Crippen molar-refractivity contribution in [3.8, 4) is 12.3 Å². The first kappa shape index (κ1) is 10.0. The van der Waals surface area contributed by atoms with Gasteiger partial charge in [0.2, 0.25) is 0 Å². The van der Waals surface area contributed by atoms with Crippen LogP contribution in [0.25, 0.3) is 0 Å².